The second kappa shape index (κ2) is 5.90. The van der Waals surface area contributed by atoms with Gasteiger partial charge in [-0.15, -0.1) is 11.3 Å². The van der Waals surface area contributed by atoms with Crippen molar-refractivity contribution in [2.75, 3.05) is 6.61 Å². The molecule has 108 valence electrons. The molecule has 2 rings (SSSR count). The maximum absolute atomic E-state index is 11.3. The highest BCUT2D eigenvalue weighted by atomic mass is 32.2. The first-order valence-electron chi connectivity index (χ1n) is 6.03. The lowest BCUT2D eigenvalue weighted by atomic mass is 10.2. The highest BCUT2D eigenvalue weighted by Gasteiger charge is 2.11. The van der Waals surface area contributed by atoms with Crippen LogP contribution < -0.4 is 9.88 Å². The van der Waals surface area contributed by atoms with E-state index in [4.69, 9.17) is 9.88 Å². The molecule has 0 bridgehead atoms. The molecule has 1 aromatic heterocycles. The number of ether oxygens (including phenoxy) is 1. The van der Waals surface area contributed by atoms with Crippen LogP contribution in [-0.2, 0) is 16.4 Å². The van der Waals surface area contributed by atoms with E-state index in [0.717, 1.165) is 12.1 Å². The number of primary sulfonamides is 1. The summed E-state index contributed by atoms with van der Waals surface area (Å²) in [6.07, 6.45) is 0.784. The van der Waals surface area contributed by atoms with Crippen molar-refractivity contribution >= 4 is 21.4 Å². The van der Waals surface area contributed by atoms with Crippen molar-refractivity contribution in [1.29, 1.82) is 0 Å². The Balaban J connectivity index is 2.01. The van der Waals surface area contributed by atoms with E-state index in [-0.39, 0.29) is 4.90 Å². The summed E-state index contributed by atoms with van der Waals surface area (Å²) in [7, 11) is -3.67. The number of rotatable bonds is 5. The van der Waals surface area contributed by atoms with E-state index in [0.29, 0.717) is 17.9 Å². The van der Waals surface area contributed by atoms with E-state index in [9.17, 15) is 8.42 Å². The van der Waals surface area contributed by atoms with Crippen molar-refractivity contribution in [2.45, 2.75) is 25.2 Å². The second-order valence-corrected chi connectivity index (χ2v) is 6.90. The minimum Gasteiger partial charge on any atom is -0.493 e. The summed E-state index contributed by atoms with van der Waals surface area (Å²) in [5.74, 6) is 0.636. The highest BCUT2D eigenvalue weighted by molar-refractivity contribution is 7.89. The molecule has 0 atom stereocenters. The van der Waals surface area contributed by atoms with Gasteiger partial charge in [0.2, 0.25) is 10.0 Å². The Morgan fingerprint density at radius 3 is 2.65 bits per heavy atom. The number of aryl methyl sites for hydroxylation is 2. The van der Waals surface area contributed by atoms with Gasteiger partial charge >= 0.3 is 0 Å². The van der Waals surface area contributed by atoms with Gasteiger partial charge in [0.25, 0.3) is 0 Å². The van der Waals surface area contributed by atoms with Gasteiger partial charge in [0, 0.05) is 11.3 Å². The van der Waals surface area contributed by atoms with Crippen molar-refractivity contribution < 1.29 is 13.2 Å². The molecule has 2 N–H and O–H groups in total. The quantitative estimate of drug-likeness (QED) is 0.915. The molecule has 0 amide bonds. The standard InChI is InChI=1S/C13H16N2O3S2/c1-9-7-11(3-4-13(9)20(14,16)17)18-6-5-12-10(2)15-8-19-12/h3-4,7-8H,5-6H2,1-2H3,(H2,14,16,17). The van der Waals surface area contributed by atoms with Gasteiger partial charge in [0.05, 0.1) is 22.7 Å². The average molecular weight is 312 g/mol. The minimum atomic E-state index is -3.67. The fraction of sp³-hybridized carbons (Fsp3) is 0.308. The molecule has 0 fully saturated rings. The number of nitrogens with two attached hydrogens (primary N) is 1. The molecule has 1 heterocycles. The SMILES string of the molecule is Cc1cc(OCCc2scnc2C)ccc1S(N)(=O)=O. The smallest absolute Gasteiger partial charge is 0.238 e. The topological polar surface area (TPSA) is 82.3 Å². The fourth-order valence-electron chi connectivity index (χ4n) is 1.86. The number of benzene rings is 1. The molecule has 0 saturated heterocycles. The number of hydrogen-bond donors (Lipinski definition) is 1. The number of aromatic nitrogens is 1. The summed E-state index contributed by atoms with van der Waals surface area (Å²) >= 11 is 1.61. The number of hydrogen-bond acceptors (Lipinski definition) is 5. The summed E-state index contributed by atoms with van der Waals surface area (Å²) in [6.45, 7) is 4.19. The third kappa shape index (κ3) is 3.56. The Hall–Kier alpha value is -1.44. The van der Waals surface area contributed by atoms with Crippen molar-refractivity contribution in [3.8, 4) is 5.75 Å². The van der Waals surface area contributed by atoms with Crippen LogP contribution in [0.4, 0.5) is 0 Å². The molecule has 0 spiro atoms. The minimum absolute atomic E-state index is 0.128. The molecule has 0 radical (unpaired) electrons. The number of nitrogens with zero attached hydrogens (tertiary/aromatic N) is 1. The van der Waals surface area contributed by atoms with Crippen LogP contribution >= 0.6 is 11.3 Å². The molecule has 0 aliphatic heterocycles. The van der Waals surface area contributed by atoms with Crippen LogP contribution in [0.3, 0.4) is 0 Å². The molecule has 0 unspecified atom stereocenters. The van der Waals surface area contributed by atoms with Gasteiger partial charge in [0.1, 0.15) is 5.75 Å². The predicted octanol–water partition coefficient (Wildman–Crippen LogP) is 2.03. The third-order valence-corrected chi connectivity index (χ3v) is 4.96. The van der Waals surface area contributed by atoms with E-state index in [1.165, 1.54) is 10.9 Å². The van der Waals surface area contributed by atoms with Crippen LogP contribution in [0.2, 0.25) is 0 Å². The summed E-state index contributed by atoms with van der Waals surface area (Å²) in [5, 5.41) is 5.11. The van der Waals surface area contributed by atoms with Crippen molar-refractivity contribution in [2.24, 2.45) is 5.14 Å². The zero-order chi connectivity index (χ0) is 14.8. The zero-order valence-electron chi connectivity index (χ0n) is 11.3. The first-order chi connectivity index (χ1) is 9.38. The predicted molar refractivity (Wildman–Crippen MR) is 78.6 cm³/mol. The van der Waals surface area contributed by atoms with Crippen molar-refractivity contribution in [3.05, 3.63) is 39.8 Å². The maximum atomic E-state index is 11.3. The van der Waals surface area contributed by atoms with Crippen LogP contribution in [0.25, 0.3) is 0 Å². The molecular formula is C13H16N2O3S2. The number of sulfonamides is 1. The highest BCUT2D eigenvalue weighted by Crippen LogP contribution is 2.21. The maximum Gasteiger partial charge on any atom is 0.238 e. The molecule has 20 heavy (non-hydrogen) atoms. The molecule has 7 heteroatoms. The van der Waals surface area contributed by atoms with Crippen LogP contribution in [-0.4, -0.2) is 20.0 Å². The van der Waals surface area contributed by atoms with Gasteiger partial charge in [-0.3, -0.25) is 0 Å². The molecule has 0 saturated carbocycles. The van der Waals surface area contributed by atoms with Gasteiger partial charge in [-0.25, -0.2) is 18.5 Å². The van der Waals surface area contributed by atoms with E-state index in [2.05, 4.69) is 4.98 Å². The molecule has 0 aliphatic rings. The number of thiazole rings is 1. The first-order valence-corrected chi connectivity index (χ1v) is 8.46. The molecule has 5 nitrogen and oxygen atoms in total. The molecule has 1 aromatic carbocycles. The van der Waals surface area contributed by atoms with Crippen LogP contribution in [0, 0.1) is 13.8 Å². The summed E-state index contributed by atoms with van der Waals surface area (Å²) in [5.41, 5.74) is 3.42. The van der Waals surface area contributed by atoms with Crippen LogP contribution in [0.15, 0.2) is 28.6 Å². The average Bonchev–Trinajstić information content (AvgIpc) is 2.73. The normalized spacial score (nSPS) is 11.6. The summed E-state index contributed by atoms with van der Waals surface area (Å²) in [6, 6.07) is 4.77. The Morgan fingerprint density at radius 1 is 1.35 bits per heavy atom. The lowest BCUT2D eigenvalue weighted by Gasteiger charge is -2.09. The Bertz CT molecular complexity index is 708. The fourth-order valence-corrected chi connectivity index (χ4v) is 3.39. The van der Waals surface area contributed by atoms with Gasteiger partial charge < -0.3 is 4.74 Å². The van der Waals surface area contributed by atoms with Gasteiger partial charge in [-0.2, -0.15) is 0 Å². The van der Waals surface area contributed by atoms with Gasteiger partial charge in [-0.05, 0) is 37.6 Å². The Morgan fingerprint density at radius 2 is 2.10 bits per heavy atom. The van der Waals surface area contributed by atoms with Gasteiger partial charge in [0.15, 0.2) is 0 Å². The van der Waals surface area contributed by atoms with Crippen LogP contribution in [0.1, 0.15) is 16.1 Å². The molecule has 2 aromatic rings. The van der Waals surface area contributed by atoms with Crippen LogP contribution in [0.5, 0.6) is 5.75 Å². The zero-order valence-corrected chi connectivity index (χ0v) is 12.9. The second-order valence-electron chi connectivity index (χ2n) is 4.43. The third-order valence-electron chi connectivity index (χ3n) is 2.90. The monoisotopic (exact) mass is 312 g/mol. The molecule has 0 aliphatic carbocycles. The lowest BCUT2D eigenvalue weighted by Crippen LogP contribution is -2.13. The Labute approximate surface area is 122 Å². The first kappa shape index (κ1) is 15.0. The Kier molecular flexibility index (Phi) is 4.42. The van der Waals surface area contributed by atoms with E-state index < -0.39 is 10.0 Å². The molecular weight excluding hydrogens is 296 g/mol. The van der Waals surface area contributed by atoms with E-state index >= 15 is 0 Å². The lowest BCUT2D eigenvalue weighted by molar-refractivity contribution is 0.322. The summed E-state index contributed by atoms with van der Waals surface area (Å²) < 4.78 is 28.2. The van der Waals surface area contributed by atoms with Crippen molar-refractivity contribution in [3.63, 3.8) is 0 Å². The largest absolute Gasteiger partial charge is 0.493 e. The van der Waals surface area contributed by atoms with E-state index in [1.54, 1.807) is 30.4 Å². The van der Waals surface area contributed by atoms with Gasteiger partial charge in [-0.1, -0.05) is 0 Å². The summed E-state index contributed by atoms with van der Waals surface area (Å²) in [4.78, 5) is 5.50. The van der Waals surface area contributed by atoms with Crippen molar-refractivity contribution in [1.82, 2.24) is 4.98 Å². The van der Waals surface area contributed by atoms with E-state index in [1.807, 2.05) is 12.4 Å².